The zero-order chi connectivity index (χ0) is 13.2. The summed E-state index contributed by atoms with van der Waals surface area (Å²) in [6.45, 7) is 20.0. The minimum Gasteiger partial charge on any atom is -0.0622 e. The highest BCUT2D eigenvalue weighted by molar-refractivity contribution is 5.16. The average Bonchev–Trinajstić information content (AvgIpc) is 2.79. The minimum atomic E-state index is 0.549. The first-order valence-electron chi connectivity index (χ1n) is 7.65. The molecule has 6 atom stereocenters. The van der Waals surface area contributed by atoms with E-state index in [1.807, 2.05) is 0 Å². The van der Waals surface area contributed by atoms with Crippen LogP contribution in [0.4, 0.5) is 0 Å². The van der Waals surface area contributed by atoms with Crippen molar-refractivity contribution < 1.29 is 0 Å². The zero-order valence-corrected chi connectivity index (χ0v) is 13.2. The van der Waals surface area contributed by atoms with Gasteiger partial charge in [0.05, 0.1) is 0 Å². The van der Waals surface area contributed by atoms with E-state index in [1.54, 1.807) is 0 Å². The first-order valence-corrected chi connectivity index (χ1v) is 7.65. The molecular formula is C17H32. The molecule has 6 unspecified atom stereocenters. The predicted octanol–water partition coefficient (Wildman–Crippen LogP) is 5.23. The average molecular weight is 236 g/mol. The maximum atomic E-state index is 2.58. The molecule has 0 heterocycles. The summed E-state index contributed by atoms with van der Waals surface area (Å²) in [6.07, 6.45) is 1.43. The molecule has 100 valence electrons. The second kappa shape index (κ2) is 3.75. The Morgan fingerprint density at radius 2 is 1.53 bits per heavy atom. The third-order valence-corrected chi connectivity index (χ3v) is 7.08. The van der Waals surface area contributed by atoms with Crippen LogP contribution < -0.4 is 0 Å². The third-order valence-electron chi connectivity index (χ3n) is 7.08. The van der Waals surface area contributed by atoms with Crippen LogP contribution in [0, 0.1) is 46.3 Å². The summed E-state index contributed by atoms with van der Waals surface area (Å²) >= 11 is 0. The van der Waals surface area contributed by atoms with Gasteiger partial charge in [0.1, 0.15) is 0 Å². The standard InChI is InChI=1S/C17H32/c1-10(2)17(8)12(4)9-11(3)13(5)14-15(17)16(14,6)7/h10-15H,9H2,1-8H3. The molecule has 0 aromatic rings. The Balaban J connectivity index is 2.41. The Hall–Kier alpha value is 0. The number of hydrogen-bond donors (Lipinski definition) is 0. The lowest BCUT2D eigenvalue weighted by molar-refractivity contribution is 0.0680. The van der Waals surface area contributed by atoms with E-state index in [0.29, 0.717) is 10.8 Å². The third kappa shape index (κ3) is 1.62. The first kappa shape index (κ1) is 13.4. The van der Waals surface area contributed by atoms with Crippen molar-refractivity contribution >= 4 is 0 Å². The Bertz CT molecular complexity index is 301. The molecular weight excluding hydrogens is 204 g/mol. The maximum Gasteiger partial charge on any atom is -0.0241 e. The molecule has 0 N–H and O–H groups in total. The van der Waals surface area contributed by atoms with E-state index in [9.17, 15) is 0 Å². The molecule has 0 saturated heterocycles. The summed E-state index contributed by atoms with van der Waals surface area (Å²) < 4.78 is 0. The highest BCUT2D eigenvalue weighted by Gasteiger charge is 2.69. The van der Waals surface area contributed by atoms with E-state index >= 15 is 0 Å². The summed E-state index contributed by atoms with van der Waals surface area (Å²) in [4.78, 5) is 0. The van der Waals surface area contributed by atoms with Crippen LogP contribution in [0.5, 0.6) is 0 Å². The predicted molar refractivity (Wildman–Crippen MR) is 75.8 cm³/mol. The van der Waals surface area contributed by atoms with Crippen LogP contribution in [0.1, 0.15) is 61.8 Å². The van der Waals surface area contributed by atoms with Gasteiger partial charge in [0.15, 0.2) is 0 Å². The topological polar surface area (TPSA) is 0 Å². The second-order valence-corrected chi connectivity index (χ2v) is 8.32. The fourth-order valence-electron chi connectivity index (χ4n) is 5.46. The fraction of sp³-hybridized carbons (Fsp3) is 1.00. The van der Waals surface area contributed by atoms with E-state index in [4.69, 9.17) is 0 Å². The van der Waals surface area contributed by atoms with E-state index in [0.717, 1.165) is 35.5 Å². The molecule has 2 rings (SSSR count). The molecule has 0 bridgehead atoms. The lowest BCUT2D eigenvalue weighted by atomic mass is 9.63. The van der Waals surface area contributed by atoms with Crippen LogP contribution in [0.2, 0.25) is 0 Å². The summed E-state index contributed by atoms with van der Waals surface area (Å²) in [6, 6.07) is 0. The van der Waals surface area contributed by atoms with E-state index in [-0.39, 0.29) is 0 Å². The van der Waals surface area contributed by atoms with Gasteiger partial charge < -0.3 is 0 Å². The van der Waals surface area contributed by atoms with Gasteiger partial charge in [0.25, 0.3) is 0 Å². The van der Waals surface area contributed by atoms with E-state index in [2.05, 4.69) is 55.4 Å². The van der Waals surface area contributed by atoms with Gasteiger partial charge in [-0.2, -0.15) is 0 Å². The Morgan fingerprint density at radius 3 is 2.00 bits per heavy atom. The van der Waals surface area contributed by atoms with Crippen molar-refractivity contribution in [3.8, 4) is 0 Å². The van der Waals surface area contributed by atoms with Gasteiger partial charge in [-0.25, -0.2) is 0 Å². The Labute approximate surface area is 109 Å². The van der Waals surface area contributed by atoms with Crippen LogP contribution in [0.3, 0.4) is 0 Å². The SMILES string of the molecule is CC1CC(C)C(C)(C(C)C)C2C(C1C)C2(C)C. The fourth-order valence-corrected chi connectivity index (χ4v) is 5.46. The van der Waals surface area contributed by atoms with E-state index in [1.165, 1.54) is 6.42 Å². The van der Waals surface area contributed by atoms with Gasteiger partial charge in [0.2, 0.25) is 0 Å². The number of fused-ring (bicyclic) bond motifs is 1. The molecule has 2 aliphatic carbocycles. The quantitative estimate of drug-likeness (QED) is 0.584. The minimum absolute atomic E-state index is 0.549. The monoisotopic (exact) mass is 236 g/mol. The van der Waals surface area contributed by atoms with Gasteiger partial charge in [0, 0.05) is 0 Å². The molecule has 0 heteroatoms. The molecule has 17 heavy (non-hydrogen) atoms. The van der Waals surface area contributed by atoms with Gasteiger partial charge in [-0.1, -0.05) is 55.4 Å². The van der Waals surface area contributed by atoms with Crippen molar-refractivity contribution in [2.75, 3.05) is 0 Å². The van der Waals surface area contributed by atoms with Crippen LogP contribution in [0.25, 0.3) is 0 Å². The molecule has 0 spiro atoms. The molecule has 0 nitrogen and oxygen atoms in total. The lowest BCUT2D eigenvalue weighted by Crippen LogP contribution is -2.35. The molecule has 0 aliphatic heterocycles. The second-order valence-electron chi connectivity index (χ2n) is 8.32. The molecule has 0 amide bonds. The van der Waals surface area contributed by atoms with Gasteiger partial charge >= 0.3 is 0 Å². The van der Waals surface area contributed by atoms with Crippen molar-refractivity contribution in [2.45, 2.75) is 61.8 Å². The molecule has 2 aliphatic rings. The van der Waals surface area contributed by atoms with Crippen LogP contribution in [-0.2, 0) is 0 Å². The molecule has 0 aromatic heterocycles. The summed E-state index contributed by atoms with van der Waals surface area (Å²) in [5.74, 6) is 5.42. The Kier molecular flexibility index (Phi) is 2.96. The summed E-state index contributed by atoms with van der Waals surface area (Å²) in [7, 11) is 0. The number of hydrogen-bond acceptors (Lipinski definition) is 0. The van der Waals surface area contributed by atoms with Gasteiger partial charge in [-0.05, 0) is 52.8 Å². The smallest absolute Gasteiger partial charge is 0.0241 e. The maximum absolute atomic E-state index is 2.58. The van der Waals surface area contributed by atoms with E-state index < -0.39 is 0 Å². The highest BCUT2D eigenvalue weighted by Crippen LogP contribution is 2.74. The van der Waals surface area contributed by atoms with Crippen molar-refractivity contribution in [2.24, 2.45) is 46.3 Å². The van der Waals surface area contributed by atoms with Gasteiger partial charge in [-0.15, -0.1) is 0 Å². The first-order chi connectivity index (χ1) is 7.65. The van der Waals surface area contributed by atoms with Crippen LogP contribution in [-0.4, -0.2) is 0 Å². The van der Waals surface area contributed by atoms with Crippen molar-refractivity contribution in [1.82, 2.24) is 0 Å². The largest absolute Gasteiger partial charge is 0.0622 e. The van der Waals surface area contributed by atoms with Crippen LogP contribution >= 0.6 is 0 Å². The van der Waals surface area contributed by atoms with Crippen molar-refractivity contribution in [1.29, 1.82) is 0 Å². The Morgan fingerprint density at radius 1 is 1.00 bits per heavy atom. The number of rotatable bonds is 1. The van der Waals surface area contributed by atoms with Crippen LogP contribution in [0.15, 0.2) is 0 Å². The molecule has 2 fully saturated rings. The van der Waals surface area contributed by atoms with Gasteiger partial charge in [-0.3, -0.25) is 0 Å². The molecule has 0 radical (unpaired) electrons. The normalized spacial score (nSPS) is 53.1. The zero-order valence-electron chi connectivity index (χ0n) is 13.2. The van der Waals surface area contributed by atoms with Crippen molar-refractivity contribution in [3.05, 3.63) is 0 Å². The van der Waals surface area contributed by atoms with Crippen molar-refractivity contribution in [3.63, 3.8) is 0 Å². The lowest BCUT2D eigenvalue weighted by Gasteiger charge is -2.42. The molecule has 0 aromatic carbocycles. The highest BCUT2D eigenvalue weighted by atomic mass is 14.7. The summed E-state index contributed by atoms with van der Waals surface area (Å²) in [5.41, 5.74) is 1.13. The molecule has 2 saturated carbocycles. The summed E-state index contributed by atoms with van der Waals surface area (Å²) in [5, 5.41) is 0.